The maximum Gasteiger partial charge on any atom is 0.227 e. The van der Waals surface area contributed by atoms with Gasteiger partial charge in [0.2, 0.25) is 5.91 Å². The van der Waals surface area contributed by atoms with Gasteiger partial charge < -0.3 is 20.1 Å². The molecule has 8 heteroatoms. The summed E-state index contributed by atoms with van der Waals surface area (Å²) in [6, 6.07) is 7.43. The number of ether oxygens (including phenoxy) is 2. The number of pyridine rings is 1. The van der Waals surface area contributed by atoms with Gasteiger partial charge >= 0.3 is 0 Å². The Morgan fingerprint density at radius 1 is 1.30 bits per heavy atom. The molecule has 178 valence electrons. The highest BCUT2D eigenvalue weighted by molar-refractivity contribution is 6.30. The van der Waals surface area contributed by atoms with Crippen LogP contribution in [0.25, 0.3) is 0 Å². The summed E-state index contributed by atoms with van der Waals surface area (Å²) in [5, 5.41) is 7.02. The SMILES string of the molecule is C[C@@H](Cc1ccc(Cl)cc1)C(=O)Nc1cncc(F)c1CC[C@@H]1CNCC2(CCOCC2)O1. The van der Waals surface area contributed by atoms with Crippen LogP contribution >= 0.6 is 11.6 Å². The van der Waals surface area contributed by atoms with Gasteiger partial charge in [0, 0.05) is 55.6 Å². The van der Waals surface area contributed by atoms with Gasteiger partial charge in [0.05, 0.1) is 29.8 Å². The summed E-state index contributed by atoms with van der Waals surface area (Å²) in [4.78, 5) is 16.8. The standard InChI is InChI=1S/C25H31ClFN3O3/c1-17(12-18-2-4-19(26)5-3-18)24(31)30-23-15-28-14-22(27)21(23)7-6-20-13-29-16-25(33-20)8-10-32-11-9-25/h2-5,14-15,17,20,29H,6-13,16H2,1H3,(H,30,31)/t17-,20+/m0/s1. The van der Waals surface area contributed by atoms with Gasteiger partial charge in [-0.2, -0.15) is 0 Å². The minimum atomic E-state index is -0.414. The number of anilines is 1. The Labute approximate surface area is 199 Å². The number of amides is 1. The Morgan fingerprint density at radius 2 is 2.06 bits per heavy atom. The maximum atomic E-state index is 14.7. The normalized spacial score (nSPS) is 21.0. The molecular weight excluding hydrogens is 445 g/mol. The van der Waals surface area contributed by atoms with Crippen molar-refractivity contribution in [1.82, 2.24) is 10.3 Å². The van der Waals surface area contributed by atoms with Crippen LogP contribution in [0.15, 0.2) is 36.7 Å². The summed E-state index contributed by atoms with van der Waals surface area (Å²) in [5.41, 5.74) is 1.72. The zero-order valence-electron chi connectivity index (χ0n) is 18.9. The van der Waals surface area contributed by atoms with Crippen molar-refractivity contribution >= 4 is 23.2 Å². The fraction of sp³-hybridized carbons (Fsp3) is 0.520. The van der Waals surface area contributed by atoms with E-state index in [2.05, 4.69) is 15.6 Å². The lowest BCUT2D eigenvalue weighted by molar-refractivity contribution is -0.160. The van der Waals surface area contributed by atoms with Gasteiger partial charge in [-0.1, -0.05) is 30.7 Å². The number of rotatable bonds is 7. The molecule has 4 rings (SSSR count). The monoisotopic (exact) mass is 475 g/mol. The molecule has 1 aromatic heterocycles. The lowest BCUT2D eigenvalue weighted by atomic mass is 9.91. The lowest BCUT2D eigenvalue weighted by Gasteiger charge is -2.44. The third-order valence-corrected chi connectivity index (χ3v) is 6.77. The quantitative estimate of drug-likeness (QED) is 0.629. The van der Waals surface area contributed by atoms with Crippen molar-refractivity contribution in [2.75, 3.05) is 31.6 Å². The smallest absolute Gasteiger partial charge is 0.227 e. The molecule has 2 aliphatic heterocycles. The lowest BCUT2D eigenvalue weighted by Crippen LogP contribution is -2.56. The topological polar surface area (TPSA) is 72.5 Å². The molecule has 2 N–H and O–H groups in total. The van der Waals surface area contributed by atoms with Gasteiger partial charge in [-0.25, -0.2) is 4.39 Å². The van der Waals surface area contributed by atoms with Crippen LogP contribution in [0.5, 0.6) is 0 Å². The van der Waals surface area contributed by atoms with E-state index in [1.165, 1.54) is 12.4 Å². The van der Waals surface area contributed by atoms with E-state index in [0.29, 0.717) is 48.7 Å². The molecule has 1 spiro atoms. The van der Waals surface area contributed by atoms with E-state index in [9.17, 15) is 9.18 Å². The largest absolute Gasteiger partial charge is 0.381 e. The van der Waals surface area contributed by atoms with Crippen molar-refractivity contribution in [3.05, 3.63) is 58.6 Å². The second-order valence-electron chi connectivity index (χ2n) is 9.07. The van der Waals surface area contributed by atoms with Crippen LogP contribution in [0.4, 0.5) is 10.1 Å². The van der Waals surface area contributed by atoms with Gasteiger partial charge in [-0.3, -0.25) is 9.78 Å². The van der Waals surface area contributed by atoms with Gasteiger partial charge in [0.15, 0.2) is 0 Å². The Kier molecular flexibility index (Phi) is 7.96. The van der Waals surface area contributed by atoms with Crippen LogP contribution in [-0.4, -0.2) is 48.9 Å². The number of nitrogens with one attached hydrogen (secondary N) is 2. The number of hydrogen-bond acceptors (Lipinski definition) is 5. The van der Waals surface area contributed by atoms with E-state index < -0.39 is 5.82 Å². The summed E-state index contributed by atoms with van der Waals surface area (Å²) in [6.07, 6.45) is 6.10. The van der Waals surface area contributed by atoms with E-state index in [1.807, 2.05) is 31.2 Å². The Balaban J connectivity index is 1.37. The molecular formula is C25H31ClFN3O3. The number of benzene rings is 1. The molecule has 1 amide bonds. The summed E-state index contributed by atoms with van der Waals surface area (Å²) in [6.45, 7) is 4.82. The van der Waals surface area contributed by atoms with E-state index in [1.54, 1.807) is 0 Å². The molecule has 6 nitrogen and oxygen atoms in total. The molecule has 0 bridgehead atoms. The van der Waals surface area contributed by atoms with Crippen molar-refractivity contribution in [2.45, 2.75) is 50.7 Å². The molecule has 33 heavy (non-hydrogen) atoms. The fourth-order valence-corrected chi connectivity index (χ4v) is 4.67. The first-order valence-electron chi connectivity index (χ1n) is 11.6. The first-order valence-corrected chi connectivity index (χ1v) is 12.0. The summed E-state index contributed by atoms with van der Waals surface area (Å²) in [5.74, 6) is -0.875. The van der Waals surface area contributed by atoms with Crippen LogP contribution in [-0.2, 0) is 27.1 Å². The minimum absolute atomic E-state index is 0.0169. The molecule has 0 unspecified atom stereocenters. The van der Waals surface area contributed by atoms with E-state index in [4.69, 9.17) is 21.1 Å². The average Bonchev–Trinajstić information content (AvgIpc) is 2.81. The molecule has 3 heterocycles. The molecule has 0 radical (unpaired) electrons. The van der Waals surface area contributed by atoms with Crippen LogP contribution in [0.1, 0.15) is 37.3 Å². The van der Waals surface area contributed by atoms with E-state index in [-0.39, 0.29) is 23.5 Å². The van der Waals surface area contributed by atoms with E-state index in [0.717, 1.165) is 31.5 Å². The molecule has 2 fully saturated rings. The summed E-state index contributed by atoms with van der Waals surface area (Å²) < 4.78 is 26.6. The molecule has 0 saturated carbocycles. The first kappa shape index (κ1) is 24.1. The highest BCUT2D eigenvalue weighted by Crippen LogP contribution is 2.30. The highest BCUT2D eigenvalue weighted by atomic mass is 35.5. The Hall–Kier alpha value is -2.06. The van der Waals surface area contributed by atoms with Crippen molar-refractivity contribution in [3.8, 4) is 0 Å². The van der Waals surface area contributed by atoms with Crippen molar-refractivity contribution in [3.63, 3.8) is 0 Å². The van der Waals surface area contributed by atoms with Crippen LogP contribution in [0, 0.1) is 11.7 Å². The molecule has 1 aromatic carbocycles. The van der Waals surface area contributed by atoms with Crippen molar-refractivity contribution < 1.29 is 18.7 Å². The van der Waals surface area contributed by atoms with Crippen LogP contribution < -0.4 is 10.6 Å². The Bertz CT molecular complexity index is 945. The molecule has 2 saturated heterocycles. The zero-order chi connectivity index (χ0) is 23.3. The molecule has 2 atom stereocenters. The zero-order valence-corrected chi connectivity index (χ0v) is 19.7. The van der Waals surface area contributed by atoms with Crippen LogP contribution in [0.3, 0.4) is 0 Å². The molecule has 2 aromatic rings. The highest BCUT2D eigenvalue weighted by Gasteiger charge is 2.38. The fourth-order valence-electron chi connectivity index (χ4n) is 4.55. The van der Waals surface area contributed by atoms with Gasteiger partial charge in [-0.05, 0) is 37.0 Å². The number of nitrogens with zero attached hydrogens (tertiary/aromatic N) is 1. The maximum absolute atomic E-state index is 14.7. The summed E-state index contributed by atoms with van der Waals surface area (Å²) in [7, 11) is 0. The number of carbonyl (C=O) groups excluding carboxylic acids is 1. The second-order valence-corrected chi connectivity index (χ2v) is 9.51. The van der Waals surface area contributed by atoms with Crippen molar-refractivity contribution in [1.29, 1.82) is 0 Å². The minimum Gasteiger partial charge on any atom is -0.381 e. The van der Waals surface area contributed by atoms with E-state index >= 15 is 0 Å². The Morgan fingerprint density at radius 3 is 2.82 bits per heavy atom. The summed E-state index contributed by atoms with van der Waals surface area (Å²) >= 11 is 5.94. The van der Waals surface area contributed by atoms with Crippen molar-refractivity contribution in [2.24, 2.45) is 5.92 Å². The third kappa shape index (κ3) is 6.29. The number of hydrogen-bond donors (Lipinski definition) is 2. The number of aromatic nitrogens is 1. The first-order chi connectivity index (χ1) is 15.9. The average molecular weight is 476 g/mol. The van der Waals surface area contributed by atoms with Gasteiger partial charge in [0.25, 0.3) is 0 Å². The third-order valence-electron chi connectivity index (χ3n) is 6.52. The van der Waals surface area contributed by atoms with Gasteiger partial charge in [0.1, 0.15) is 5.82 Å². The number of carbonyl (C=O) groups is 1. The van der Waals surface area contributed by atoms with Crippen LogP contribution in [0.2, 0.25) is 5.02 Å². The second kappa shape index (κ2) is 10.9. The molecule has 2 aliphatic rings. The number of halogens is 2. The number of morpholine rings is 1. The predicted octanol–water partition coefficient (Wildman–Crippen LogP) is 4.16. The predicted molar refractivity (Wildman–Crippen MR) is 126 cm³/mol. The molecule has 0 aliphatic carbocycles. The van der Waals surface area contributed by atoms with Gasteiger partial charge in [-0.15, -0.1) is 0 Å².